The van der Waals surface area contributed by atoms with Crippen LogP contribution in [0, 0.1) is 5.92 Å². The average molecular weight is 271 g/mol. The van der Waals surface area contributed by atoms with Crippen LogP contribution in [0.25, 0.3) is 0 Å². The Balaban J connectivity index is 1.81. The summed E-state index contributed by atoms with van der Waals surface area (Å²) < 4.78 is 7.35. The lowest BCUT2D eigenvalue weighted by molar-refractivity contribution is 0.396. The fourth-order valence-electron chi connectivity index (χ4n) is 3.02. The summed E-state index contributed by atoms with van der Waals surface area (Å²) in [5, 5.41) is 4.35. The second kappa shape index (κ2) is 5.29. The molecule has 0 aliphatic heterocycles. The number of nitrogens with two attached hydrogens (primary N) is 1. The van der Waals surface area contributed by atoms with E-state index in [0.717, 1.165) is 24.4 Å². The zero-order chi connectivity index (χ0) is 14.1. The molecular weight excluding hydrogens is 250 g/mol. The van der Waals surface area contributed by atoms with Crippen LogP contribution < -0.4 is 10.5 Å². The van der Waals surface area contributed by atoms with E-state index in [4.69, 9.17) is 10.5 Å². The number of ether oxygens (including phenoxy) is 1. The highest BCUT2D eigenvalue weighted by Gasteiger charge is 2.44. The maximum atomic E-state index is 6.48. The quantitative estimate of drug-likeness (QED) is 0.909. The van der Waals surface area contributed by atoms with Crippen LogP contribution in [0.15, 0.2) is 36.5 Å². The molecule has 0 spiro atoms. The highest BCUT2D eigenvalue weighted by molar-refractivity contribution is 5.33. The Morgan fingerprint density at radius 2 is 2.15 bits per heavy atom. The van der Waals surface area contributed by atoms with E-state index >= 15 is 0 Å². The minimum atomic E-state index is -0.0161. The summed E-state index contributed by atoms with van der Waals surface area (Å²) in [7, 11) is 1.68. The van der Waals surface area contributed by atoms with Crippen molar-refractivity contribution in [1.29, 1.82) is 0 Å². The molecule has 20 heavy (non-hydrogen) atoms. The molecule has 3 unspecified atom stereocenters. The number of aryl methyl sites for hydroxylation is 1. The minimum Gasteiger partial charge on any atom is -0.493 e. The van der Waals surface area contributed by atoms with Gasteiger partial charge in [0.1, 0.15) is 0 Å². The first-order valence-electron chi connectivity index (χ1n) is 7.16. The van der Waals surface area contributed by atoms with E-state index in [2.05, 4.69) is 42.4 Å². The van der Waals surface area contributed by atoms with E-state index in [-0.39, 0.29) is 6.04 Å². The highest BCUT2D eigenvalue weighted by Crippen LogP contribution is 2.54. The summed E-state index contributed by atoms with van der Waals surface area (Å²) in [5.41, 5.74) is 8.89. The van der Waals surface area contributed by atoms with E-state index in [1.807, 2.05) is 4.68 Å². The number of rotatable bonds is 5. The average Bonchev–Trinajstić information content (AvgIpc) is 3.19. The van der Waals surface area contributed by atoms with Crippen molar-refractivity contribution >= 4 is 0 Å². The lowest BCUT2D eigenvalue weighted by atomic mass is 10.0. The molecule has 3 rings (SSSR count). The first kappa shape index (κ1) is 13.2. The predicted octanol–water partition coefficient (Wildman–Crippen LogP) is 2.72. The number of hydrogen-bond donors (Lipinski definition) is 1. The van der Waals surface area contributed by atoms with Crippen molar-refractivity contribution in [1.82, 2.24) is 9.78 Å². The van der Waals surface area contributed by atoms with Crippen LogP contribution in [-0.2, 0) is 6.54 Å². The molecular formula is C16H21N3O. The lowest BCUT2D eigenvalue weighted by Crippen LogP contribution is -2.19. The van der Waals surface area contributed by atoms with E-state index < -0.39 is 0 Å². The number of hydrogen-bond acceptors (Lipinski definition) is 3. The van der Waals surface area contributed by atoms with Gasteiger partial charge < -0.3 is 10.5 Å². The standard InChI is InChI=1S/C16H21N3O/c1-3-19-16(14(20-2)10-18-19)15(17)13-9-12(13)11-7-5-4-6-8-11/h4-8,10,12-13,15H,3,9,17H2,1-2H3. The van der Waals surface area contributed by atoms with Crippen molar-refractivity contribution in [3.8, 4) is 5.75 Å². The van der Waals surface area contributed by atoms with Crippen molar-refractivity contribution in [3.63, 3.8) is 0 Å². The van der Waals surface area contributed by atoms with Crippen molar-refractivity contribution in [2.24, 2.45) is 11.7 Å². The van der Waals surface area contributed by atoms with Crippen LogP contribution in [0.4, 0.5) is 0 Å². The molecule has 2 aromatic rings. The number of benzene rings is 1. The number of aromatic nitrogens is 2. The first-order chi connectivity index (χ1) is 9.76. The Hall–Kier alpha value is -1.81. The van der Waals surface area contributed by atoms with Gasteiger partial charge in [-0.3, -0.25) is 4.68 Å². The summed E-state index contributed by atoms with van der Waals surface area (Å²) in [4.78, 5) is 0. The molecule has 1 saturated carbocycles. The smallest absolute Gasteiger partial charge is 0.161 e. The molecule has 1 aliphatic carbocycles. The number of methoxy groups -OCH3 is 1. The Labute approximate surface area is 119 Å². The van der Waals surface area contributed by atoms with Gasteiger partial charge in [-0.05, 0) is 30.7 Å². The second-order valence-electron chi connectivity index (χ2n) is 5.36. The molecule has 1 heterocycles. The van der Waals surface area contributed by atoms with Gasteiger partial charge in [-0.1, -0.05) is 30.3 Å². The zero-order valence-electron chi connectivity index (χ0n) is 12.0. The molecule has 1 fully saturated rings. The SMILES string of the molecule is CCn1ncc(OC)c1C(N)C1CC1c1ccccc1. The minimum absolute atomic E-state index is 0.0161. The fraction of sp³-hybridized carbons (Fsp3) is 0.438. The van der Waals surface area contributed by atoms with Gasteiger partial charge in [0.2, 0.25) is 0 Å². The summed E-state index contributed by atoms with van der Waals surface area (Å²) in [6.07, 6.45) is 2.90. The summed E-state index contributed by atoms with van der Waals surface area (Å²) in [6, 6.07) is 10.6. The molecule has 1 aliphatic rings. The third-order valence-corrected chi connectivity index (χ3v) is 4.21. The van der Waals surface area contributed by atoms with Crippen LogP contribution >= 0.6 is 0 Å². The number of nitrogens with zero attached hydrogens (tertiary/aromatic N) is 2. The fourth-order valence-corrected chi connectivity index (χ4v) is 3.02. The topological polar surface area (TPSA) is 53.1 Å². The summed E-state index contributed by atoms with van der Waals surface area (Å²) in [6.45, 7) is 2.89. The van der Waals surface area contributed by atoms with Crippen molar-refractivity contribution < 1.29 is 4.74 Å². The van der Waals surface area contributed by atoms with E-state index in [9.17, 15) is 0 Å². The molecule has 3 atom stereocenters. The molecule has 4 nitrogen and oxygen atoms in total. The normalized spacial score (nSPS) is 22.6. The highest BCUT2D eigenvalue weighted by atomic mass is 16.5. The van der Waals surface area contributed by atoms with Gasteiger partial charge >= 0.3 is 0 Å². The Morgan fingerprint density at radius 3 is 2.80 bits per heavy atom. The molecule has 0 radical (unpaired) electrons. The van der Waals surface area contributed by atoms with Crippen LogP contribution in [-0.4, -0.2) is 16.9 Å². The molecule has 106 valence electrons. The van der Waals surface area contributed by atoms with Gasteiger partial charge in [0.15, 0.2) is 5.75 Å². The summed E-state index contributed by atoms with van der Waals surface area (Å²) >= 11 is 0. The molecule has 0 bridgehead atoms. The molecule has 1 aromatic carbocycles. The van der Waals surface area contributed by atoms with Crippen LogP contribution in [0.5, 0.6) is 5.75 Å². The van der Waals surface area contributed by atoms with Crippen LogP contribution in [0.2, 0.25) is 0 Å². The molecule has 0 saturated heterocycles. The van der Waals surface area contributed by atoms with Crippen molar-refractivity contribution in [3.05, 3.63) is 47.8 Å². The van der Waals surface area contributed by atoms with Gasteiger partial charge in [0.25, 0.3) is 0 Å². The van der Waals surface area contributed by atoms with Crippen LogP contribution in [0.3, 0.4) is 0 Å². The molecule has 2 N–H and O–H groups in total. The van der Waals surface area contributed by atoms with E-state index in [1.165, 1.54) is 5.56 Å². The largest absolute Gasteiger partial charge is 0.493 e. The van der Waals surface area contributed by atoms with Gasteiger partial charge in [0, 0.05) is 6.54 Å². The summed E-state index contributed by atoms with van der Waals surface area (Å²) in [5.74, 6) is 1.85. The second-order valence-corrected chi connectivity index (χ2v) is 5.36. The van der Waals surface area contributed by atoms with Gasteiger partial charge in [-0.15, -0.1) is 0 Å². The maximum absolute atomic E-state index is 6.48. The van der Waals surface area contributed by atoms with Gasteiger partial charge in [-0.25, -0.2) is 0 Å². The van der Waals surface area contributed by atoms with E-state index in [0.29, 0.717) is 11.8 Å². The van der Waals surface area contributed by atoms with Gasteiger partial charge in [-0.2, -0.15) is 5.10 Å². The van der Waals surface area contributed by atoms with Crippen molar-refractivity contribution in [2.45, 2.75) is 31.8 Å². The molecule has 1 aromatic heterocycles. The maximum Gasteiger partial charge on any atom is 0.161 e. The van der Waals surface area contributed by atoms with E-state index in [1.54, 1.807) is 13.3 Å². The Kier molecular flexibility index (Phi) is 3.49. The first-order valence-corrected chi connectivity index (χ1v) is 7.16. The van der Waals surface area contributed by atoms with Crippen LogP contribution in [0.1, 0.15) is 36.6 Å². The monoisotopic (exact) mass is 271 g/mol. The molecule has 0 amide bonds. The van der Waals surface area contributed by atoms with Crippen molar-refractivity contribution in [2.75, 3.05) is 7.11 Å². The Bertz CT molecular complexity index is 557. The third kappa shape index (κ3) is 2.20. The zero-order valence-corrected chi connectivity index (χ0v) is 12.0. The predicted molar refractivity (Wildman–Crippen MR) is 78.7 cm³/mol. The Morgan fingerprint density at radius 1 is 1.40 bits per heavy atom. The third-order valence-electron chi connectivity index (χ3n) is 4.21. The lowest BCUT2D eigenvalue weighted by Gasteiger charge is -2.15. The van der Waals surface area contributed by atoms with Gasteiger partial charge in [0.05, 0.1) is 25.0 Å². The molecule has 4 heteroatoms.